The fraction of sp³-hybridized carbons (Fsp3) is 0.278. The van der Waals surface area contributed by atoms with E-state index in [9.17, 15) is 13.2 Å². The Hall–Kier alpha value is -2.18. The molecule has 5 nitrogen and oxygen atoms in total. The molecule has 6 heteroatoms. The Labute approximate surface area is 143 Å². The molecule has 0 saturated heterocycles. The van der Waals surface area contributed by atoms with Crippen molar-refractivity contribution in [3.63, 3.8) is 0 Å². The molecule has 0 heterocycles. The maximum absolute atomic E-state index is 12.2. The standard InChI is InChI=1S/C18H22N2O3S/c1-15-8-6-7-11-17(15)18(21)19-12-13-20(24(2,22)23)14-16-9-4-3-5-10-16/h3-11H,12-14H2,1-2H3,(H,19,21). The van der Waals surface area contributed by atoms with Gasteiger partial charge in [0.25, 0.3) is 5.91 Å². The predicted molar refractivity (Wildman–Crippen MR) is 95.2 cm³/mol. The first-order chi connectivity index (χ1) is 11.4. The minimum atomic E-state index is -3.35. The number of hydrogen-bond donors (Lipinski definition) is 1. The van der Waals surface area contributed by atoms with Crippen molar-refractivity contribution in [1.29, 1.82) is 0 Å². The second-order valence-corrected chi connectivity index (χ2v) is 7.64. The third-order valence-electron chi connectivity index (χ3n) is 3.71. The van der Waals surface area contributed by atoms with Gasteiger partial charge >= 0.3 is 0 Å². The fourth-order valence-corrected chi connectivity index (χ4v) is 3.17. The Balaban J connectivity index is 1.96. The minimum Gasteiger partial charge on any atom is -0.351 e. The van der Waals surface area contributed by atoms with Gasteiger partial charge < -0.3 is 5.32 Å². The van der Waals surface area contributed by atoms with Crippen LogP contribution in [0, 0.1) is 6.92 Å². The van der Waals surface area contributed by atoms with E-state index in [-0.39, 0.29) is 19.0 Å². The molecule has 0 bridgehead atoms. The molecule has 128 valence electrons. The van der Waals surface area contributed by atoms with Crippen LogP contribution >= 0.6 is 0 Å². The fourth-order valence-electron chi connectivity index (χ4n) is 2.37. The first kappa shape index (κ1) is 18.2. The molecular formula is C18H22N2O3S. The number of nitrogens with one attached hydrogen (secondary N) is 1. The number of amides is 1. The van der Waals surface area contributed by atoms with Gasteiger partial charge in [-0.1, -0.05) is 48.5 Å². The van der Waals surface area contributed by atoms with Crippen molar-refractivity contribution in [1.82, 2.24) is 9.62 Å². The van der Waals surface area contributed by atoms with E-state index >= 15 is 0 Å². The summed E-state index contributed by atoms with van der Waals surface area (Å²) in [5.74, 6) is -0.193. The quantitative estimate of drug-likeness (QED) is 0.836. The summed E-state index contributed by atoms with van der Waals surface area (Å²) >= 11 is 0. The zero-order valence-electron chi connectivity index (χ0n) is 13.9. The lowest BCUT2D eigenvalue weighted by molar-refractivity contribution is 0.0951. The van der Waals surface area contributed by atoms with Crippen LogP contribution in [0.3, 0.4) is 0 Å². The van der Waals surface area contributed by atoms with Crippen LogP contribution in [-0.4, -0.2) is 38.0 Å². The summed E-state index contributed by atoms with van der Waals surface area (Å²) in [4.78, 5) is 12.2. The van der Waals surface area contributed by atoms with Gasteiger partial charge in [0, 0.05) is 25.2 Å². The summed E-state index contributed by atoms with van der Waals surface area (Å²) < 4.78 is 25.3. The molecule has 0 aliphatic rings. The highest BCUT2D eigenvalue weighted by Crippen LogP contribution is 2.09. The van der Waals surface area contributed by atoms with E-state index in [4.69, 9.17) is 0 Å². The molecule has 2 aromatic carbocycles. The lowest BCUT2D eigenvalue weighted by atomic mass is 10.1. The van der Waals surface area contributed by atoms with Crippen molar-refractivity contribution in [2.45, 2.75) is 13.5 Å². The Morgan fingerprint density at radius 2 is 1.67 bits per heavy atom. The van der Waals surface area contributed by atoms with Crippen LogP contribution in [0.2, 0.25) is 0 Å². The van der Waals surface area contributed by atoms with Gasteiger partial charge in [-0.15, -0.1) is 0 Å². The first-order valence-corrected chi connectivity index (χ1v) is 9.55. The van der Waals surface area contributed by atoms with E-state index < -0.39 is 10.0 Å². The van der Waals surface area contributed by atoms with Crippen LogP contribution in [0.15, 0.2) is 54.6 Å². The van der Waals surface area contributed by atoms with Gasteiger partial charge in [0.1, 0.15) is 0 Å². The SMILES string of the molecule is Cc1ccccc1C(=O)NCCN(Cc1ccccc1)S(C)(=O)=O. The highest BCUT2D eigenvalue weighted by molar-refractivity contribution is 7.88. The molecule has 0 fully saturated rings. The van der Waals surface area contributed by atoms with Gasteiger partial charge in [-0.05, 0) is 24.1 Å². The van der Waals surface area contributed by atoms with Crippen LogP contribution in [-0.2, 0) is 16.6 Å². The summed E-state index contributed by atoms with van der Waals surface area (Å²) in [5.41, 5.74) is 2.40. The molecule has 0 aliphatic carbocycles. The van der Waals surface area contributed by atoms with E-state index in [0.29, 0.717) is 12.1 Å². The summed E-state index contributed by atoms with van der Waals surface area (Å²) in [6.07, 6.45) is 1.18. The van der Waals surface area contributed by atoms with E-state index in [1.54, 1.807) is 12.1 Å². The molecule has 0 unspecified atom stereocenters. The molecule has 0 radical (unpaired) electrons. The van der Waals surface area contributed by atoms with Crippen molar-refractivity contribution >= 4 is 15.9 Å². The zero-order chi connectivity index (χ0) is 17.6. The summed E-state index contributed by atoms with van der Waals surface area (Å²) in [5, 5.41) is 2.78. The summed E-state index contributed by atoms with van der Waals surface area (Å²) in [7, 11) is -3.35. The molecule has 0 aromatic heterocycles. The molecule has 1 N–H and O–H groups in total. The number of benzene rings is 2. The number of carbonyl (C=O) groups is 1. The van der Waals surface area contributed by atoms with Gasteiger partial charge in [0.15, 0.2) is 0 Å². The van der Waals surface area contributed by atoms with Crippen molar-refractivity contribution in [2.75, 3.05) is 19.3 Å². The summed E-state index contributed by atoms with van der Waals surface area (Å²) in [6.45, 7) is 2.64. The molecule has 0 saturated carbocycles. The third-order valence-corrected chi connectivity index (χ3v) is 4.96. The monoisotopic (exact) mass is 346 g/mol. The highest BCUT2D eigenvalue weighted by atomic mass is 32.2. The molecule has 0 spiro atoms. The molecule has 1 amide bonds. The Bertz CT molecular complexity index is 789. The van der Waals surface area contributed by atoms with E-state index in [2.05, 4.69) is 5.32 Å². The second kappa shape index (κ2) is 8.08. The number of sulfonamides is 1. The van der Waals surface area contributed by atoms with Crippen LogP contribution in [0.4, 0.5) is 0 Å². The first-order valence-electron chi connectivity index (χ1n) is 7.71. The Morgan fingerprint density at radius 1 is 1.04 bits per heavy atom. The predicted octanol–water partition coefficient (Wildman–Crippen LogP) is 2.19. The average Bonchev–Trinajstić information content (AvgIpc) is 2.54. The van der Waals surface area contributed by atoms with E-state index in [1.807, 2.05) is 49.4 Å². The van der Waals surface area contributed by atoms with Crippen LogP contribution in [0.1, 0.15) is 21.5 Å². The third kappa shape index (κ3) is 5.18. The minimum absolute atomic E-state index is 0.193. The number of nitrogens with zero attached hydrogens (tertiary/aromatic N) is 1. The zero-order valence-corrected chi connectivity index (χ0v) is 14.7. The Kier molecular flexibility index (Phi) is 6.11. The molecular weight excluding hydrogens is 324 g/mol. The van der Waals surface area contributed by atoms with Gasteiger partial charge in [-0.3, -0.25) is 4.79 Å². The lowest BCUT2D eigenvalue weighted by Crippen LogP contribution is -2.37. The number of rotatable bonds is 7. The molecule has 0 atom stereocenters. The highest BCUT2D eigenvalue weighted by Gasteiger charge is 2.17. The normalized spacial score (nSPS) is 11.5. The smallest absolute Gasteiger partial charge is 0.251 e. The van der Waals surface area contributed by atoms with Crippen LogP contribution in [0.5, 0.6) is 0 Å². The maximum atomic E-state index is 12.2. The van der Waals surface area contributed by atoms with Crippen LogP contribution in [0.25, 0.3) is 0 Å². The summed E-state index contributed by atoms with van der Waals surface area (Å²) in [6, 6.07) is 16.7. The van der Waals surface area contributed by atoms with Gasteiger partial charge in [-0.25, -0.2) is 8.42 Å². The average molecular weight is 346 g/mol. The number of hydrogen-bond acceptors (Lipinski definition) is 3. The number of aryl methyl sites for hydroxylation is 1. The molecule has 2 aromatic rings. The van der Waals surface area contributed by atoms with E-state index in [1.165, 1.54) is 10.6 Å². The van der Waals surface area contributed by atoms with Crippen molar-refractivity contribution in [3.05, 3.63) is 71.3 Å². The van der Waals surface area contributed by atoms with Gasteiger partial charge in [-0.2, -0.15) is 4.31 Å². The van der Waals surface area contributed by atoms with Crippen molar-refractivity contribution < 1.29 is 13.2 Å². The second-order valence-electron chi connectivity index (χ2n) is 5.65. The largest absolute Gasteiger partial charge is 0.351 e. The topological polar surface area (TPSA) is 66.5 Å². The van der Waals surface area contributed by atoms with Crippen molar-refractivity contribution in [3.8, 4) is 0 Å². The Morgan fingerprint density at radius 3 is 2.29 bits per heavy atom. The maximum Gasteiger partial charge on any atom is 0.251 e. The van der Waals surface area contributed by atoms with Crippen molar-refractivity contribution in [2.24, 2.45) is 0 Å². The van der Waals surface area contributed by atoms with Gasteiger partial charge in [0.2, 0.25) is 10.0 Å². The molecule has 0 aliphatic heterocycles. The molecule has 2 rings (SSSR count). The van der Waals surface area contributed by atoms with E-state index in [0.717, 1.165) is 11.1 Å². The molecule has 24 heavy (non-hydrogen) atoms. The number of carbonyl (C=O) groups excluding carboxylic acids is 1. The van der Waals surface area contributed by atoms with Gasteiger partial charge in [0.05, 0.1) is 6.26 Å². The lowest BCUT2D eigenvalue weighted by Gasteiger charge is -2.20. The van der Waals surface area contributed by atoms with Crippen LogP contribution < -0.4 is 5.32 Å².